The van der Waals surface area contributed by atoms with Gasteiger partial charge in [0, 0.05) is 24.5 Å². The van der Waals surface area contributed by atoms with Crippen LogP contribution in [0.3, 0.4) is 0 Å². The summed E-state index contributed by atoms with van der Waals surface area (Å²) in [7, 11) is 1.34. The van der Waals surface area contributed by atoms with Gasteiger partial charge in [-0.3, -0.25) is 4.79 Å². The average Bonchev–Trinajstić information content (AvgIpc) is 2.62. The van der Waals surface area contributed by atoms with Gasteiger partial charge >= 0.3 is 5.97 Å². The second-order valence-corrected chi connectivity index (χ2v) is 5.39. The van der Waals surface area contributed by atoms with Crippen LogP contribution in [0.25, 0.3) is 0 Å². The van der Waals surface area contributed by atoms with Gasteiger partial charge in [-0.1, -0.05) is 0 Å². The molecule has 132 valence electrons. The molecule has 0 fully saturated rings. The number of nitrogens with one attached hydrogen (secondary N) is 1. The van der Waals surface area contributed by atoms with Crippen molar-refractivity contribution in [3.8, 4) is 0 Å². The van der Waals surface area contributed by atoms with Gasteiger partial charge in [-0.25, -0.2) is 14.8 Å². The molecule has 2 rings (SSSR count). The van der Waals surface area contributed by atoms with Gasteiger partial charge in [0.15, 0.2) is 0 Å². The van der Waals surface area contributed by atoms with Crippen molar-refractivity contribution in [3.05, 3.63) is 47.3 Å². The van der Waals surface area contributed by atoms with Crippen LogP contribution >= 0.6 is 0 Å². The third-order valence-corrected chi connectivity index (χ3v) is 3.69. The number of hydrogen-bond donors (Lipinski definition) is 1. The number of carbonyl (C=O) groups is 2. The highest BCUT2D eigenvalue weighted by molar-refractivity contribution is 5.92. The van der Waals surface area contributed by atoms with Gasteiger partial charge in [-0.15, -0.1) is 0 Å². The van der Waals surface area contributed by atoms with E-state index in [1.807, 2.05) is 20.8 Å². The standard InChI is InChI=1S/C18H22N4O3/c1-5-22(6-2)16(23)15-11-12(3)19-18(21-15)20-14-9-7-13(8-10-14)17(24)25-4/h7-11H,5-6H2,1-4H3,(H,19,20,21). The largest absolute Gasteiger partial charge is 0.465 e. The summed E-state index contributed by atoms with van der Waals surface area (Å²) in [5.74, 6) is -0.189. The number of benzene rings is 1. The molecule has 25 heavy (non-hydrogen) atoms. The lowest BCUT2D eigenvalue weighted by Crippen LogP contribution is -2.31. The number of amides is 1. The summed E-state index contributed by atoms with van der Waals surface area (Å²) in [6.45, 7) is 6.91. The third kappa shape index (κ3) is 4.53. The lowest BCUT2D eigenvalue weighted by Gasteiger charge is -2.18. The van der Waals surface area contributed by atoms with E-state index >= 15 is 0 Å². The molecular formula is C18H22N4O3. The van der Waals surface area contributed by atoms with Crippen LogP contribution in [-0.2, 0) is 4.74 Å². The quantitative estimate of drug-likeness (QED) is 0.813. The molecule has 0 aliphatic carbocycles. The summed E-state index contributed by atoms with van der Waals surface area (Å²) >= 11 is 0. The molecule has 0 saturated heterocycles. The minimum absolute atomic E-state index is 0.125. The minimum Gasteiger partial charge on any atom is -0.465 e. The van der Waals surface area contributed by atoms with Gasteiger partial charge in [-0.05, 0) is 51.1 Å². The van der Waals surface area contributed by atoms with Gasteiger partial charge in [-0.2, -0.15) is 0 Å². The molecule has 0 bridgehead atoms. The Labute approximate surface area is 147 Å². The maximum atomic E-state index is 12.5. The zero-order chi connectivity index (χ0) is 18.4. The van der Waals surface area contributed by atoms with Crippen LogP contribution < -0.4 is 5.32 Å². The van der Waals surface area contributed by atoms with Crippen LogP contribution in [0.4, 0.5) is 11.6 Å². The molecule has 1 aromatic heterocycles. The van der Waals surface area contributed by atoms with Crippen molar-refractivity contribution in [1.29, 1.82) is 0 Å². The molecule has 0 radical (unpaired) electrons. The monoisotopic (exact) mass is 342 g/mol. The Morgan fingerprint density at radius 2 is 1.76 bits per heavy atom. The lowest BCUT2D eigenvalue weighted by molar-refractivity contribution is 0.0600. The number of aryl methyl sites for hydroxylation is 1. The molecule has 7 heteroatoms. The molecule has 7 nitrogen and oxygen atoms in total. The zero-order valence-corrected chi connectivity index (χ0v) is 14.9. The molecule has 0 unspecified atom stereocenters. The summed E-state index contributed by atoms with van der Waals surface area (Å²) in [5.41, 5.74) is 2.21. The summed E-state index contributed by atoms with van der Waals surface area (Å²) in [5, 5.41) is 3.05. The first kappa shape index (κ1) is 18.4. The maximum absolute atomic E-state index is 12.5. The topological polar surface area (TPSA) is 84.4 Å². The SMILES string of the molecule is CCN(CC)C(=O)c1cc(C)nc(Nc2ccc(C(=O)OC)cc2)n1. The normalized spacial score (nSPS) is 10.2. The molecule has 1 aromatic carbocycles. The molecule has 1 N–H and O–H groups in total. The molecule has 0 atom stereocenters. The van der Waals surface area contributed by atoms with Crippen molar-refractivity contribution in [1.82, 2.24) is 14.9 Å². The number of nitrogens with zero attached hydrogens (tertiary/aromatic N) is 3. The average molecular weight is 342 g/mol. The Kier molecular flexibility index (Phi) is 6.05. The maximum Gasteiger partial charge on any atom is 0.337 e. The van der Waals surface area contributed by atoms with Gasteiger partial charge in [0.05, 0.1) is 12.7 Å². The second kappa shape index (κ2) is 8.23. The van der Waals surface area contributed by atoms with E-state index in [0.717, 1.165) is 0 Å². The van der Waals surface area contributed by atoms with Gasteiger partial charge in [0.2, 0.25) is 5.95 Å². The summed E-state index contributed by atoms with van der Waals surface area (Å²) in [6, 6.07) is 8.41. The molecule has 1 amide bonds. The fourth-order valence-corrected chi connectivity index (χ4v) is 2.34. The molecule has 2 aromatic rings. The first-order valence-electron chi connectivity index (χ1n) is 8.08. The Balaban J connectivity index is 2.22. The molecule has 0 saturated carbocycles. The first-order valence-corrected chi connectivity index (χ1v) is 8.08. The number of esters is 1. The fraction of sp³-hybridized carbons (Fsp3) is 0.333. The van der Waals surface area contributed by atoms with Crippen LogP contribution in [0.2, 0.25) is 0 Å². The number of methoxy groups -OCH3 is 1. The highest BCUT2D eigenvalue weighted by Gasteiger charge is 2.16. The Bertz CT molecular complexity index is 755. The van der Waals surface area contributed by atoms with E-state index in [9.17, 15) is 9.59 Å². The van der Waals surface area contributed by atoms with Gasteiger partial charge in [0.25, 0.3) is 5.91 Å². The van der Waals surface area contributed by atoms with Crippen molar-refractivity contribution in [2.24, 2.45) is 0 Å². The van der Waals surface area contributed by atoms with Crippen LogP contribution in [0.5, 0.6) is 0 Å². The Hall–Kier alpha value is -2.96. The molecule has 0 aliphatic heterocycles. The van der Waals surface area contributed by atoms with Gasteiger partial charge < -0.3 is 15.0 Å². The third-order valence-electron chi connectivity index (χ3n) is 3.69. The van der Waals surface area contributed by atoms with E-state index in [1.165, 1.54) is 7.11 Å². The van der Waals surface area contributed by atoms with Crippen molar-refractivity contribution < 1.29 is 14.3 Å². The number of carbonyl (C=O) groups excluding carboxylic acids is 2. The molecule has 1 heterocycles. The number of hydrogen-bond acceptors (Lipinski definition) is 6. The lowest BCUT2D eigenvalue weighted by atomic mass is 10.2. The molecule has 0 aliphatic rings. The Morgan fingerprint density at radius 1 is 1.12 bits per heavy atom. The van der Waals surface area contributed by atoms with Crippen LogP contribution in [0.1, 0.15) is 40.4 Å². The van der Waals surface area contributed by atoms with Crippen molar-refractivity contribution in [2.45, 2.75) is 20.8 Å². The van der Waals surface area contributed by atoms with E-state index < -0.39 is 5.97 Å². The predicted molar refractivity (Wildman–Crippen MR) is 95.1 cm³/mol. The fourth-order valence-electron chi connectivity index (χ4n) is 2.34. The highest BCUT2D eigenvalue weighted by Crippen LogP contribution is 2.16. The van der Waals surface area contributed by atoms with E-state index in [0.29, 0.717) is 41.7 Å². The van der Waals surface area contributed by atoms with Crippen LogP contribution in [-0.4, -0.2) is 46.9 Å². The van der Waals surface area contributed by atoms with Crippen LogP contribution in [0, 0.1) is 6.92 Å². The second-order valence-electron chi connectivity index (χ2n) is 5.39. The smallest absolute Gasteiger partial charge is 0.337 e. The van der Waals surface area contributed by atoms with E-state index in [4.69, 9.17) is 0 Å². The summed E-state index contributed by atoms with van der Waals surface area (Å²) in [6.07, 6.45) is 0. The van der Waals surface area contributed by atoms with E-state index in [-0.39, 0.29) is 5.91 Å². The highest BCUT2D eigenvalue weighted by atomic mass is 16.5. The van der Waals surface area contributed by atoms with Crippen LogP contribution in [0.15, 0.2) is 30.3 Å². The van der Waals surface area contributed by atoms with Crippen molar-refractivity contribution >= 4 is 23.5 Å². The predicted octanol–water partition coefficient (Wildman–Crippen LogP) is 2.80. The van der Waals surface area contributed by atoms with Crippen molar-refractivity contribution in [2.75, 3.05) is 25.5 Å². The minimum atomic E-state index is -0.398. The number of anilines is 2. The first-order chi connectivity index (χ1) is 12.0. The molecule has 0 spiro atoms. The molecular weight excluding hydrogens is 320 g/mol. The van der Waals surface area contributed by atoms with Gasteiger partial charge in [0.1, 0.15) is 5.69 Å². The number of aromatic nitrogens is 2. The Morgan fingerprint density at radius 3 is 2.32 bits per heavy atom. The number of ether oxygens (including phenoxy) is 1. The number of rotatable bonds is 6. The van der Waals surface area contributed by atoms with E-state index in [1.54, 1.807) is 35.2 Å². The summed E-state index contributed by atoms with van der Waals surface area (Å²) in [4.78, 5) is 34.3. The van der Waals surface area contributed by atoms with Crippen molar-refractivity contribution in [3.63, 3.8) is 0 Å². The zero-order valence-electron chi connectivity index (χ0n) is 14.9. The van der Waals surface area contributed by atoms with E-state index in [2.05, 4.69) is 20.0 Å². The summed E-state index contributed by atoms with van der Waals surface area (Å²) < 4.78 is 4.67.